The maximum absolute atomic E-state index is 12.8. The molecule has 0 saturated carbocycles. The zero-order valence-corrected chi connectivity index (χ0v) is 9.78. The van der Waals surface area contributed by atoms with Crippen molar-refractivity contribution in [3.63, 3.8) is 0 Å². The van der Waals surface area contributed by atoms with Crippen molar-refractivity contribution in [3.8, 4) is 5.75 Å². The first kappa shape index (κ1) is 13.3. The van der Waals surface area contributed by atoms with Crippen LogP contribution in [-0.4, -0.2) is 14.8 Å². The summed E-state index contributed by atoms with van der Waals surface area (Å²) in [5.74, 6) is -0.663. The largest absolute Gasteiger partial charge is 0.489 e. The van der Waals surface area contributed by atoms with Gasteiger partial charge in [0.05, 0.1) is 6.20 Å². The molecule has 0 aliphatic heterocycles. The summed E-state index contributed by atoms with van der Waals surface area (Å²) in [5, 5.41) is 3.54. The summed E-state index contributed by atoms with van der Waals surface area (Å²) in [7, 11) is 1.19. The standard InChI is InChI=1S/C11H9F4N3O/c1-18-10(11(13,14)15)7(5-17-18)6-19-8-2-3-16-9(12)4-8/h2-5H,6H2,1H3. The number of hydrogen-bond acceptors (Lipinski definition) is 3. The highest BCUT2D eigenvalue weighted by Gasteiger charge is 2.37. The Kier molecular flexibility index (Phi) is 3.41. The van der Waals surface area contributed by atoms with E-state index in [1.54, 1.807) is 0 Å². The molecule has 19 heavy (non-hydrogen) atoms. The van der Waals surface area contributed by atoms with Gasteiger partial charge in [0.15, 0.2) is 0 Å². The van der Waals surface area contributed by atoms with E-state index in [-0.39, 0.29) is 17.9 Å². The molecule has 2 aromatic heterocycles. The lowest BCUT2D eigenvalue weighted by Crippen LogP contribution is -2.15. The van der Waals surface area contributed by atoms with Crippen LogP contribution in [0.15, 0.2) is 24.5 Å². The van der Waals surface area contributed by atoms with E-state index in [1.807, 2.05) is 0 Å². The highest BCUT2D eigenvalue weighted by molar-refractivity contribution is 5.22. The van der Waals surface area contributed by atoms with Crippen molar-refractivity contribution < 1.29 is 22.3 Å². The number of hydrogen-bond donors (Lipinski definition) is 0. The fraction of sp³-hybridized carbons (Fsp3) is 0.273. The lowest BCUT2D eigenvalue weighted by molar-refractivity contribution is -0.144. The van der Waals surface area contributed by atoms with Gasteiger partial charge in [-0.3, -0.25) is 4.68 Å². The molecule has 2 rings (SSSR count). The van der Waals surface area contributed by atoms with E-state index >= 15 is 0 Å². The van der Waals surface area contributed by atoms with E-state index in [0.717, 1.165) is 16.9 Å². The molecule has 0 N–H and O–H groups in total. The molecule has 0 aliphatic rings. The Morgan fingerprint density at radius 1 is 1.37 bits per heavy atom. The molecule has 102 valence electrons. The fourth-order valence-corrected chi connectivity index (χ4v) is 1.59. The van der Waals surface area contributed by atoms with Gasteiger partial charge in [-0.05, 0) is 6.07 Å². The van der Waals surface area contributed by atoms with Crippen LogP contribution >= 0.6 is 0 Å². The molecule has 0 spiro atoms. The Labute approximate surface area is 105 Å². The molecule has 0 unspecified atom stereocenters. The number of aryl methyl sites for hydroxylation is 1. The Morgan fingerprint density at radius 3 is 2.74 bits per heavy atom. The maximum Gasteiger partial charge on any atom is 0.433 e. The predicted octanol–water partition coefficient (Wildman–Crippen LogP) is 2.55. The molecule has 8 heteroatoms. The van der Waals surface area contributed by atoms with Crippen LogP contribution in [0.2, 0.25) is 0 Å². The number of ether oxygens (including phenoxy) is 1. The van der Waals surface area contributed by atoms with Gasteiger partial charge in [0.2, 0.25) is 5.95 Å². The van der Waals surface area contributed by atoms with Crippen LogP contribution < -0.4 is 4.74 Å². The maximum atomic E-state index is 12.8. The topological polar surface area (TPSA) is 39.9 Å². The van der Waals surface area contributed by atoms with Crippen molar-refractivity contribution in [2.75, 3.05) is 0 Å². The van der Waals surface area contributed by atoms with Gasteiger partial charge in [0.25, 0.3) is 0 Å². The Morgan fingerprint density at radius 2 is 2.11 bits per heavy atom. The third-order valence-electron chi connectivity index (χ3n) is 2.38. The lowest BCUT2D eigenvalue weighted by Gasteiger charge is -2.10. The molecule has 0 saturated heterocycles. The Hall–Kier alpha value is -2.12. The number of rotatable bonds is 3. The SMILES string of the molecule is Cn1ncc(COc2ccnc(F)c2)c1C(F)(F)F. The number of aromatic nitrogens is 3. The minimum absolute atomic E-state index is 0.101. The molecule has 0 radical (unpaired) electrons. The van der Waals surface area contributed by atoms with Gasteiger partial charge < -0.3 is 4.74 Å². The molecule has 0 atom stereocenters. The second-order valence-corrected chi connectivity index (χ2v) is 3.74. The first-order valence-corrected chi connectivity index (χ1v) is 5.20. The Balaban J connectivity index is 2.17. The van der Waals surface area contributed by atoms with Crippen molar-refractivity contribution in [1.29, 1.82) is 0 Å². The Bertz CT molecular complexity index is 580. The van der Waals surface area contributed by atoms with Crippen LogP contribution in [0.25, 0.3) is 0 Å². The van der Waals surface area contributed by atoms with Crippen molar-refractivity contribution in [2.45, 2.75) is 12.8 Å². The van der Waals surface area contributed by atoms with Crippen LogP contribution in [0.4, 0.5) is 17.6 Å². The molecule has 0 aromatic carbocycles. The smallest absolute Gasteiger partial charge is 0.433 e. The second-order valence-electron chi connectivity index (χ2n) is 3.74. The minimum Gasteiger partial charge on any atom is -0.489 e. The molecule has 4 nitrogen and oxygen atoms in total. The number of nitrogens with zero attached hydrogens (tertiary/aromatic N) is 3. The van der Waals surface area contributed by atoms with Crippen molar-refractivity contribution in [1.82, 2.24) is 14.8 Å². The predicted molar refractivity (Wildman–Crippen MR) is 56.7 cm³/mol. The van der Waals surface area contributed by atoms with Crippen molar-refractivity contribution in [3.05, 3.63) is 41.7 Å². The van der Waals surface area contributed by atoms with Crippen molar-refractivity contribution in [2.24, 2.45) is 7.05 Å². The zero-order valence-electron chi connectivity index (χ0n) is 9.78. The van der Waals surface area contributed by atoms with Gasteiger partial charge in [0.1, 0.15) is 18.1 Å². The zero-order chi connectivity index (χ0) is 14.0. The average Bonchev–Trinajstić information content (AvgIpc) is 2.67. The summed E-state index contributed by atoms with van der Waals surface area (Å²) in [5.41, 5.74) is -1.01. The van der Waals surface area contributed by atoms with E-state index in [9.17, 15) is 17.6 Å². The third kappa shape index (κ3) is 3.01. The monoisotopic (exact) mass is 275 g/mol. The average molecular weight is 275 g/mol. The summed E-state index contributed by atoms with van der Waals surface area (Å²) >= 11 is 0. The number of alkyl halides is 3. The van der Waals surface area contributed by atoms with Gasteiger partial charge in [-0.25, -0.2) is 4.98 Å². The quantitative estimate of drug-likeness (QED) is 0.638. The minimum atomic E-state index is -4.52. The van der Waals surface area contributed by atoms with Crippen LogP contribution in [0, 0.1) is 5.95 Å². The van der Waals surface area contributed by atoms with Gasteiger partial charge in [0, 0.05) is 24.9 Å². The van der Waals surface area contributed by atoms with Crippen LogP contribution in [-0.2, 0) is 19.8 Å². The molecular weight excluding hydrogens is 266 g/mol. The van der Waals surface area contributed by atoms with E-state index in [2.05, 4.69) is 10.1 Å². The summed E-state index contributed by atoms with van der Waals surface area (Å²) < 4.78 is 56.8. The van der Waals surface area contributed by atoms with E-state index in [4.69, 9.17) is 4.74 Å². The lowest BCUT2D eigenvalue weighted by atomic mass is 10.2. The van der Waals surface area contributed by atoms with E-state index in [0.29, 0.717) is 0 Å². The van der Waals surface area contributed by atoms with Gasteiger partial charge in [-0.15, -0.1) is 0 Å². The third-order valence-corrected chi connectivity index (χ3v) is 2.38. The van der Waals surface area contributed by atoms with Gasteiger partial charge in [-0.1, -0.05) is 0 Å². The van der Waals surface area contributed by atoms with Gasteiger partial charge in [-0.2, -0.15) is 22.7 Å². The first-order chi connectivity index (χ1) is 8.88. The highest BCUT2D eigenvalue weighted by Crippen LogP contribution is 2.31. The molecular formula is C11H9F4N3O. The van der Waals surface area contributed by atoms with Gasteiger partial charge >= 0.3 is 6.18 Å². The van der Waals surface area contributed by atoms with E-state index < -0.39 is 17.8 Å². The molecule has 0 aliphatic carbocycles. The molecule has 2 aromatic rings. The second kappa shape index (κ2) is 4.87. The summed E-state index contributed by atoms with van der Waals surface area (Å²) in [4.78, 5) is 3.31. The summed E-state index contributed by atoms with van der Waals surface area (Å²) in [6, 6.07) is 2.34. The van der Waals surface area contributed by atoms with Crippen LogP contribution in [0.5, 0.6) is 5.75 Å². The van der Waals surface area contributed by atoms with Crippen LogP contribution in [0.3, 0.4) is 0 Å². The molecule has 2 heterocycles. The number of pyridine rings is 1. The summed E-state index contributed by atoms with van der Waals surface area (Å²) in [6.07, 6.45) is -2.29. The highest BCUT2D eigenvalue weighted by atomic mass is 19.4. The first-order valence-electron chi connectivity index (χ1n) is 5.20. The normalized spacial score (nSPS) is 11.6. The molecule has 0 amide bonds. The molecule has 0 fully saturated rings. The molecule has 0 bridgehead atoms. The van der Waals surface area contributed by atoms with E-state index in [1.165, 1.54) is 19.3 Å². The summed E-state index contributed by atoms with van der Waals surface area (Å²) in [6.45, 7) is -0.355. The number of halogens is 4. The van der Waals surface area contributed by atoms with Crippen molar-refractivity contribution >= 4 is 0 Å². The fourth-order valence-electron chi connectivity index (χ4n) is 1.59. The van der Waals surface area contributed by atoms with Crippen LogP contribution in [0.1, 0.15) is 11.3 Å².